The number of hydrogen-bond donors (Lipinski definition) is 0. The zero-order chi connectivity index (χ0) is 22.8. The van der Waals surface area contributed by atoms with Gasteiger partial charge >= 0.3 is 0 Å². The van der Waals surface area contributed by atoms with Gasteiger partial charge in [0.15, 0.2) is 5.11 Å². The number of aryl methyl sites for hydroxylation is 1. The van der Waals surface area contributed by atoms with Crippen LogP contribution < -0.4 is 14.7 Å². The maximum absolute atomic E-state index is 13.6. The zero-order valence-corrected chi connectivity index (χ0v) is 19.0. The normalized spacial score (nSPS) is 15.5. The summed E-state index contributed by atoms with van der Waals surface area (Å²) in [6.07, 6.45) is 1.63. The third kappa shape index (κ3) is 3.92. The molecule has 0 N–H and O–H groups in total. The molecule has 32 heavy (non-hydrogen) atoms. The van der Waals surface area contributed by atoms with Crippen LogP contribution in [0.2, 0.25) is 0 Å². The summed E-state index contributed by atoms with van der Waals surface area (Å²) >= 11 is 5.67. The Balaban J connectivity index is 1.85. The first-order chi connectivity index (χ1) is 15.4. The average molecular weight is 442 g/mol. The van der Waals surface area contributed by atoms with Gasteiger partial charge in [0.1, 0.15) is 5.57 Å². The summed E-state index contributed by atoms with van der Waals surface area (Å²) in [4.78, 5) is 31.9. The minimum Gasteiger partial charge on any atom is -0.378 e. The molecule has 0 aliphatic carbocycles. The predicted octanol–water partition coefficient (Wildman–Crippen LogP) is 4.81. The third-order valence-corrected chi connectivity index (χ3v) is 5.71. The predicted molar refractivity (Wildman–Crippen MR) is 134 cm³/mol. The highest BCUT2D eigenvalue weighted by molar-refractivity contribution is 7.81. The number of anilines is 3. The SMILES string of the molecule is Cc1ccccc1N1C(=O)C(=Cc2ccc(N(C)C)cc2)C(=O)N(c2ccccc2)C1=S. The number of hydrogen-bond acceptors (Lipinski definition) is 4. The molecule has 160 valence electrons. The van der Waals surface area contributed by atoms with E-state index in [1.54, 1.807) is 18.2 Å². The fourth-order valence-electron chi connectivity index (χ4n) is 3.60. The molecule has 0 spiro atoms. The van der Waals surface area contributed by atoms with E-state index in [4.69, 9.17) is 12.2 Å². The molecule has 1 aliphatic heterocycles. The Morgan fingerprint density at radius 1 is 0.781 bits per heavy atom. The molecule has 1 heterocycles. The summed E-state index contributed by atoms with van der Waals surface area (Å²) in [5.74, 6) is -0.870. The molecule has 1 fully saturated rings. The molecular weight excluding hydrogens is 418 g/mol. The van der Waals surface area contributed by atoms with Gasteiger partial charge in [-0.3, -0.25) is 19.4 Å². The van der Waals surface area contributed by atoms with Crippen LogP contribution in [0, 0.1) is 6.92 Å². The molecule has 0 aromatic heterocycles. The van der Waals surface area contributed by atoms with Gasteiger partial charge in [-0.1, -0.05) is 48.5 Å². The lowest BCUT2D eigenvalue weighted by Crippen LogP contribution is -2.57. The van der Waals surface area contributed by atoms with Gasteiger partial charge in [-0.15, -0.1) is 0 Å². The van der Waals surface area contributed by atoms with Crippen molar-refractivity contribution in [2.24, 2.45) is 0 Å². The maximum Gasteiger partial charge on any atom is 0.270 e. The van der Waals surface area contributed by atoms with E-state index in [-0.39, 0.29) is 10.7 Å². The number of thiocarbonyl (C=S) groups is 1. The Morgan fingerprint density at radius 2 is 1.38 bits per heavy atom. The van der Waals surface area contributed by atoms with Crippen LogP contribution in [0.1, 0.15) is 11.1 Å². The van der Waals surface area contributed by atoms with Crippen molar-refractivity contribution in [3.63, 3.8) is 0 Å². The van der Waals surface area contributed by atoms with Crippen molar-refractivity contribution in [3.05, 3.63) is 95.6 Å². The van der Waals surface area contributed by atoms with Crippen molar-refractivity contribution in [1.82, 2.24) is 0 Å². The first kappa shape index (κ1) is 21.5. The maximum atomic E-state index is 13.6. The molecule has 0 radical (unpaired) electrons. The molecule has 3 aromatic rings. The van der Waals surface area contributed by atoms with Crippen molar-refractivity contribution in [3.8, 4) is 0 Å². The molecule has 0 unspecified atom stereocenters. The quantitative estimate of drug-likeness (QED) is 0.331. The summed E-state index contributed by atoms with van der Waals surface area (Å²) in [5.41, 5.74) is 4.01. The highest BCUT2D eigenvalue weighted by atomic mass is 32.1. The minimum absolute atomic E-state index is 0.0586. The summed E-state index contributed by atoms with van der Waals surface area (Å²) < 4.78 is 0. The van der Waals surface area contributed by atoms with E-state index < -0.39 is 11.8 Å². The summed E-state index contributed by atoms with van der Waals surface area (Å²) in [5, 5.41) is 0.139. The second-order valence-electron chi connectivity index (χ2n) is 7.73. The largest absolute Gasteiger partial charge is 0.378 e. The Bertz CT molecular complexity index is 1220. The standard InChI is InChI=1S/C26H23N3O2S/c1-18-9-7-8-12-23(18)29-25(31)22(17-19-13-15-20(16-14-19)27(2)3)24(30)28(26(29)32)21-10-5-4-6-11-21/h4-17H,1-3H3. The van der Waals surface area contributed by atoms with E-state index in [0.29, 0.717) is 11.4 Å². The number of rotatable bonds is 4. The molecular formula is C26H23N3O2S. The van der Waals surface area contributed by atoms with Gasteiger partial charge in [-0.25, -0.2) is 0 Å². The number of amides is 2. The number of para-hydroxylation sites is 2. The van der Waals surface area contributed by atoms with Crippen LogP contribution in [0.3, 0.4) is 0 Å². The molecule has 0 bridgehead atoms. The Hall–Kier alpha value is -3.77. The second-order valence-corrected chi connectivity index (χ2v) is 8.09. The van der Waals surface area contributed by atoms with Gasteiger partial charge in [0, 0.05) is 19.8 Å². The molecule has 5 nitrogen and oxygen atoms in total. The van der Waals surface area contributed by atoms with Crippen molar-refractivity contribution in [2.45, 2.75) is 6.92 Å². The van der Waals surface area contributed by atoms with Crippen molar-refractivity contribution < 1.29 is 9.59 Å². The number of nitrogens with zero attached hydrogens (tertiary/aromatic N) is 3. The first-order valence-electron chi connectivity index (χ1n) is 10.2. The first-order valence-corrected chi connectivity index (χ1v) is 10.6. The number of carbonyl (C=O) groups is 2. The zero-order valence-electron chi connectivity index (χ0n) is 18.1. The molecule has 1 aliphatic rings. The van der Waals surface area contributed by atoms with E-state index in [2.05, 4.69) is 0 Å². The molecule has 3 aromatic carbocycles. The molecule has 6 heteroatoms. The average Bonchev–Trinajstić information content (AvgIpc) is 2.79. The Morgan fingerprint density at radius 3 is 2.00 bits per heavy atom. The minimum atomic E-state index is -0.437. The van der Waals surface area contributed by atoms with E-state index in [0.717, 1.165) is 16.8 Å². The molecule has 2 amide bonds. The highest BCUT2D eigenvalue weighted by Crippen LogP contribution is 2.31. The summed E-state index contributed by atoms with van der Waals surface area (Å²) in [7, 11) is 3.92. The van der Waals surface area contributed by atoms with Crippen molar-refractivity contribution >= 4 is 52.3 Å². The number of benzene rings is 3. The lowest BCUT2D eigenvalue weighted by Gasteiger charge is -2.37. The smallest absolute Gasteiger partial charge is 0.270 e. The fourth-order valence-corrected chi connectivity index (χ4v) is 3.97. The molecule has 0 saturated carbocycles. The van der Waals surface area contributed by atoms with E-state index in [1.165, 1.54) is 9.80 Å². The third-order valence-electron chi connectivity index (χ3n) is 5.34. The van der Waals surface area contributed by atoms with E-state index in [1.807, 2.05) is 92.6 Å². The lowest BCUT2D eigenvalue weighted by atomic mass is 10.0. The van der Waals surface area contributed by atoms with Crippen LogP contribution in [-0.2, 0) is 9.59 Å². The van der Waals surface area contributed by atoms with Crippen LogP contribution in [0.5, 0.6) is 0 Å². The van der Waals surface area contributed by atoms with Gasteiger partial charge in [0.05, 0.1) is 11.4 Å². The number of carbonyl (C=O) groups excluding carboxylic acids is 2. The fraction of sp³-hybridized carbons (Fsp3) is 0.115. The van der Waals surface area contributed by atoms with Gasteiger partial charge < -0.3 is 4.90 Å². The van der Waals surface area contributed by atoms with Crippen LogP contribution >= 0.6 is 12.2 Å². The Kier molecular flexibility index (Phi) is 5.88. The van der Waals surface area contributed by atoms with Crippen LogP contribution in [-0.4, -0.2) is 31.0 Å². The van der Waals surface area contributed by atoms with Gasteiger partial charge in [-0.05, 0) is 66.7 Å². The van der Waals surface area contributed by atoms with Crippen molar-refractivity contribution in [2.75, 3.05) is 28.8 Å². The molecule has 4 rings (SSSR count). The molecule has 0 atom stereocenters. The monoisotopic (exact) mass is 441 g/mol. The van der Waals surface area contributed by atoms with Crippen LogP contribution in [0.25, 0.3) is 6.08 Å². The van der Waals surface area contributed by atoms with Crippen molar-refractivity contribution in [1.29, 1.82) is 0 Å². The molecule has 1 saturated heterocycles. The summed E-state index contributed by atoms with van der Waals surface area (Å²) in [6, 6.07) is 24.3. The van der Waals surface area contributed by atoms with Gasteiger partial charge in [0.2, 0.25) is 0 Å². The van der Waals surface area contributed by atoms with Crippen LogP contribution in [0.15, 0.2) is 84.4 Å². The highest BCUT2D eigenvalue weighted by Gasteiger charge is 2.41. The topological polar surface area (TPSA) is 43.9 Å². The summed E-state index contributed by atoms with van der Waals surface area (Å²) in [6.45, 7) is 1.91. The van der Waals surface area contributed by atoms with E-state index in [9.17, 15) is 9.59 Å². The Labute approximate surface area is 193 Å². The van der Waals surface area contributed by atoms with Gasteiger partial charge in [0.25, 0.3) is 11.8 Å². The van der Waals surface area contributed by atoms with Gasteiger partial charge in [-0.2, -0.15) is 0 Å². The van der Waals surface area contributed by atoms with E-state index >= 15 is 0 Å². The lowest BCUT2D eigenvalue weighted by molar-refractivity contribution is -0.120. The van der Waals surface area contributed by atoms with Crippen LogP contribution in [0.4, 0.5) is 17.1 Å². The second kappa shape index (κ2) is 8.77.